The van der Waals surface area contributed by atoms with Crippen LogP contribution in [-0.2, 0) is 26.6 Å². The molecule has 2 fully saturated rings. The summed E-state index contributed by atoms with van der Waals surface area (Å²) in [6.45, 7) is 1.43. The molecule has 0 bridgehead atoms. The second-order valence-corrected chi connectivity index (χ2v) is 12.8. The number of hydrogen-bond acceptors (Lipinski definition) is 13. The zero-order chi connectivity index (χ0) is 26.9. The van der Waals surface area contributed by atoms with Gasteiger partial charge in [-0.3, -0.25) is 0 Å². The molecular weight excluding hydrogens is 552 g/mol. The molecule has 2 aliphatic rings. The standard InChI is InChI=1S/C21H28N10O4S3/c22-9-15-11-36-21(26-15)25-13-3-1-2-12(8-13)16-4-5-17(38(34,35)29-14-6-7-24-10-14)19(37(23,32)33)18(16)20-27-30-31-28-20/h1-5,8,11,14,20,24,27-31H,6-7,9-10,22H2,(H,25,26)(H2,23,32,33)/t14-/m1/s1. The molecule has 0 saturated carbocycles. The summed E-state index contributed by atoms with van der Waals surface area (Å²) >= 11 is 1.40. The van der Waals surface area contributed by atoms with E-state index < -0.39 is 36.0 Å². The Bertz CT molecular complexity index is 1530. The number of aromatic nitrogens is 1. The molecule has 11 N–H and O–H groups in total. The van der Waals surface area contributed by atoms with Gasteiger partial charge in [0.2, 0.25) is 20.0 Å². The SMILES string of the molecule is NCc1csc(Nc2cccc(-c3ccc(S(=O)(=O)N[C@@H]4CCNC4)c(S(N)(=O)=O)c3C3NNNN3)c2)n1. The second-order valence-electron chi connectivity index (χ2n) is 8.74. The van der Waals surface area contributed by atoms with Gasteiger partial charge in [-0.05, 0) is 42.3 Å². The molecule has 14 nitrogen and oxygen atoms in total. The Kier molecular flexibility index (Phi) is 7.76. The first-order valence-corrected chi connectivity index (χ1v) is 15.5. The summed E-state index contributed by atoms with van der Waals surface area (Å²) in [7, 11) is -8.75. The Labute approximate surface area is 224 Å². The molecule has 204 valence electrons. The van der Waals surface area contributed by atoms with E-state index in [1.54, 1.807) is 18.2 Å². The van der Waals surface area contributed by atoms with Crippen LogP contribution in [0.15, 0.2) is 51.6 Å². The Hall–Kier alpha value is -2.55. The van der Waals surface area contributed by atoms with Gasteiger partial charge in [0.25, 0.3) is 0 Å². The average Bonchev–Trinajstić information content (AvgIpc) is 3.66. The van der Waals surface area contributed by atoms with E-state index in [1.807, 2.05) is 17.5 Å². The minimum Gasteiger partial charge on any atom is -0.332 e. The van der Waals surface area contributed by atoms with Gasteiger partial charge in [0.15, 0.2) is 5.13 Å². The molecule has 0 radical (unpaired) electrons. The molecule has 2 aliphatic heterocycles. The molecule has 38 heavy (non-hydrogen) atoms. The van der Waals surface area contributed by atoms with Gasteiger partial charge in [0.1, 0.15) is 16.0 Å². The molecule has 0 spiro atoms. The van der Waals surface area contributed by atoms with Crippen LogP contribution in [0.3, 0.4) is 0 Å². The summed E-state index contributed by atoms with van der Waals surface area (Å²) in [6, 6.07) is 9.70. The third-order valence-electron chi connectivity index (χ3n) is 6.09. The lowest BCUT2D eigenvalue weighted by atomic mass is 9.97. The first kappa shape index (κ1) is 27.0. The minimum atomic E-state index is -4.51. The van der Waals surface area contributed by atoms with E-state index in [0.29, 0.717) is 48.0 Å². The van der Waals surface area contributed by atoms with Gasteiger partial charge in [-0.2, -0.15) is 11.1 Å². The van der Waals surface area contributed by atoms with E-state index in [1.165, 1.54) is 17.4 Å². The van der Waals surface area contributed by atoms with Crippen LogP contribution in [0.4, 0.5) is 10.8 Å². The topological polar surface area (TPSA) is 217 Å². The Balaban J connectivity index is 1.63. The lowest BCUT2D eigenvalue weighted by Crippen LogP contribution is -2.38. The summed E-state index contributed by atoms with van der Waals surface area (Å²) in [5.41, 5.74) is 19.3. The number of hydrogen-bond donors (Lipinski definition) is 9. The second kappa shape index (κ2) is 10.9. The van der Waals surface area contributed by atoms with Crippen molar-refractivity contribution < 1.29 is 16.8 Å². The predicted molar refractivity (Wildman–Crippen MR) is 143 cm³/mol. The fourth-order valence-electron chi connectivity index (χ4n) is 4.40. The van der Waals surface area contributed by atoms with Gasteiger partial charge >= 0.3 is 0 Å². The quantitative estimate of drug-likeness (QED) is 0.155. The average molecular weight is 581 g/mol. The largest absolute Gasteiger partial charge is 0.332 e. The summed E-state index contributed by atoms with van der Waals surface area (Å²) < 4.78 is 55.4. The molecule has 0 aliphatic carbocycles. The molecule has 17 heteroatoms. The molecule has 5 rings (SSSR count). The van der Waals surface area contributed by atoms with Crippen LogP contribution in [0.5, 0.6) is 0 Å². The molecule has 2 aromatic carbocycles. The lowest BCUT2D eigenvalue weighted by molar-refractivity contribution is 0.530. The highest BCUT2D eigenvalue weighted by Crippen LogP contribution is 2.38. The molecule has 1 atom stereocenters. The van der Waals surface area contributed by atoms with Crippen molar-refractivity contribution in [1.29, 1.82) is 0 Å². The smallest absolute Gasteiger partial charge is 0.242 e. The highest BCUT2D eigenvalue weighted by molar-refractivity contribution is 7.92. The third-order valence-corrected chi connectivity index (χ3v) is 9.59. The van der Waals surface area contributed by atoms with Crippen LogP contribution in [0.1, 0.15) is 23.8 Å². The van der Waals surface area contributed by atoms with E-state index in [-0.39, 0.29) is 11.6 Å². The van der Waals surface area contributed by atoms with E-state index >= 15 is 0 Å². The molecular formula is C21H28N10O4S3. The fraction of sp³-hybridized carbons (Fsp3) is 0.286. The first-order chi connectivity index (χ1) is 18.2. The number of hydrazine groups is 3. The van der Waals surface area contributed by atoms with Gasteiger partial charge in [-0.1, -0.05) is 18.2 Å². The van der Waals surface area contributed by atoms with Gasteiger partial charge in [-0.15, -0.1) is 11.3 Å². The number of sulfonamides is 2. The normalized spacial score (nSPS) is 18.7. The Morgan fingerprint density at radius 3 is 2.55 bits per heavy atom. The predicted octanol–water partition coefficient (Wildman–Crippen LogP) is -0.584. The maximum Gasteiger partial charge on any atom is 0.242 e. The highest BCUT2D eigenvalue weighted by Gasteiger charge is 2.35. The lowest BCUT2D eigenvalue weighted by Gasteiger charge is -2.22. The van der Waals surface area contributed by atoms with Crippen molar-refractivity contribution >= 4 is 42.2 Å². The molecule has 2 saturated heterocycles. The highest BCUT2D eigenvalue weighted by atomic mass is 32.2. The van der Waals surface area contributed by atoms with Crippen LogP contribution in [0.25, 0.3) is 11.1 Å². The number of nitrogens with two attached hydrogens (primary N) is 2. The maximum atomic E-state index is 13.4. The fourth-order valence-corrected chi connectivity index (χ4v) is 8.08. The van der Waals surface area contributed by atoms with Gasteiger partial charge in [0, 0.05) is 35.8 Å². The number of rotatable bonds is 9. The number of primary sulfonamides is 1. The van der Waals surface area contributed by atoms with Crippen LogP contribution < -0.4 is 48.1 Å². The summed E-state index contributed by atoms with van der Waals surface area (Å²) in [6.07, 6.45) is -0.260. The molecule has 0 amide bonds. The van der Waals surface area contributed by atoms with Crippen molar-refractivity contribution in [1.82, 2.24) is 36.9 Å². The van der Waals surface area contributed by atoms with Crippen molar-refractivity contribution in [3.05, 3.63) is 53.0 Å². The van der Waals surface area contributed by atoms with E-state index in [9.17, 15) is 16.8 Å². The van der Waals surface area contributed by atoms with E-state index in [2.05, 4.69) is 42.3 Å². The van der Waals surface area contributed by atoms with Gasteiger partial charge < -0.3 is 16.4 Å². The minimum absolute atomic E-state index is 0.134. The van der Waals surface area contributed by atoms with Crippen LogP contribution in [0.2, 0.25) is 0 Å². The van der Waals surface area contributed by atoms with Crippen molar-refractivity contribution in [3.63, 3.8) is 0 Å². The van der Waals surface area contributed by atoms with Crippen molar-refractivity contribution in [3.8, 4) is 11.1 Å². The zero-order valence-electron chi connectivity index (χ0n) is 20.0. The summed E-state index contributed by atoms with van der Waals surface area (Å²) in [4.78, 5) is 3.48. The first-order valence-electron chi connectivity index (χ1n) is 11.6. The van der Waals surface area contributed by atoms with Crippen LogP contribution in [0, 0.1) is 0 Å². The van der Waals surface area contributed by atoms with Gasteiger partial charge in [-0.25, -0.2) is 42.5 Å². The van der Waals surface area contributed by atoms with Crippen molar-refractivity contribution in [2.24, 2.45) is 10.9 Å². The number of benzene rings is 2. The van der Waals surface area contributed by atoms with E-state index in [4.69, 9.17) is 10.9 Å². The van der Waals surface area contributed by atoms with Crippen molar-refractivity contribution in [2.75, 3.05) is 18.4 Å². The summed E-state index contributed by atoms with van der Waals surface area (Å²) in [5.74, 6) is 0. The number of nitrogens with zero attached hydrogens (tertiary/aromatic N) is 1. The third kappa shape index (κ3) is 5.72. The number of thiazole rings is 1. The molecule has 0 unspecified atom stereocenters. The van der Waals surface area contributed by atoms with Crippen molar-refractivity contribution in [2.45, 2.75) is 35.0 Å². The van der Waals surface area contributed by atoms with E-state index in [0.717, 1.165) is 5.69 Å². The van der Waals surface area contributed by atoms with Crippen LogP contribution >= 0.6 is 11.3 Å². The molecule has 1 aromatic heterocycles. The maximum absolute atomic E-state index is 13.4. The molecule has 3 aromatic rings. The Morgan fingerprint density at radius 2 is 1.89 bits per heavy atom. The zero-order valence-corrected chi connectivity index (χ0v) is 22.4. The number of nitrogens with one attached hydrogen (secondary N) is 7. The van der Waals surface area contributed by atoms with Gasteiger partial charge in [0.05, 0.1) is 5.69 Å². The van der Waals surface area contributed by atoms with Crippen LogP contribution in [-0.4, -0.2) is 41.0 Å². The summed E-state index contributed by atoms with van der Waals surface area (Å²) in [5, 5.41) is 14.5. The monoisotopic (exact) mass is 580 g/mol. The Morgan fingerprint density at radius 1 is 1.11 bits per heavy atom. The number of anilines is 2. The molecule has 3 heterocycles.